The molecule has 5 rings (SSSR count). The fourth-order valence-electron chi connectivity index (χ4n) is 4.54. The second kappa shape index (κ2) is 9.29. The van der Waals surface area contributed by atoms with Crippen molar-refractivity contribution < 1.29 is 13.9 Å². The first-order valence-corrected chi connectivity index (χ1v) is 11.6. The van der Waals surface area contributed by atoms with Crippen molar-refractivity contribution in [2.45, 2.75) is 12.8 Å². The summed E-state index contributed by atoms with van der Waals surface area (Å²) in [5, 5.41) is 7.00. The molecule has 2 saturated heterocycles. The molecule has 1 spiro atoms. The lowest BCUT2D eigenvalue weighted by molar-refractivity contribution is -0.105. The van der Waals surface area contributed by atoms with Crippen LogP contribution >= 0.6 is 11.6 Å². The van der Waals surface area contributed by atoms with Crippen LogP contribution < -0.4 is 15.4 Å². The monoisotopic (exact) mass is 471 g/mol. The van der Waals surface area contributed by atoms with Gasteiger partial charge < -0.3 is 25.0 Å². The first-order chi connectivity index (χ1) is 16.1. The number of fused-ring (bicyclic) bond motifs is 1. The van der Waals surface area contributed by atoms with Gasteiger partial charge in [0.2, 0.25) is 0 Å². The van der Waals surface area contributed by atoms with Crippen LogP contribution in [0.5, 0.6) is 5.75 Å². The molecule has 2 fully saturated rings. The van der Waals surface area contributed by atoms with Crippen molar-refractivity contribution in [1.29, 1.82) is 0 Å². The maximum absolute atomic E-state index is 14.4. The van der Waals surface area contributed by atoms with E-state index in [4.69, 9.17) is 21.1 Å². The van der Waals surface area contributed by atoms with Gasteiger partial charge in [0.25, 0.3) is 0 Å². The maximum atomic E-state index is 14.4. The summed E-state index contributed by atoms with van der Waals surface area (Å²) in [5.41, 5.74) is 2.22. The lowest BCUT2D eigenvalue weighted by atomic mass is 9.85. The van der Waals surface area contributed by atoms with Gasteiger partial charge in [-0.15, -0.1) is 0 Å². The number of nitrogens with zero attached hydrogens (tertiary/aromatic N) is 3. The van der Waals surface area contributed by atoms with Gasteiger partial charge in [0.05, 0.1) is 41.7 Å². The Morgan fingerprint density at radius 1 is 1.24 bits per heavy atom. The molecule has 0 bridgehead atoms. The van der Waals surface area contributed by atoms with Crippen molar-refractivity contribution >= 4 is 39.7 Å². The third-order valence-corrected chi connectivity index (χ3v) is 6.71. The van der Waals surface area contributed by atoms with E-state index in [0.717, 1.165) is 55.9 Å². The predicted molar refractivity (Wildman–Crippen MR) is 128 cm³/mol. The molecule has 0 saturated carbocycles. The predicted octanol–water partition coefficient (Wildman–Crippen LogP) is 4.70. The molecule has 2 N–H and O–H groups in total. The van der Waals surface area contributed by atoms with Crippen molar-refractivity contribution in [1.82, 2.24) is 14.9 Å². The molecular formula is C24H27ClFN5O2. The highest BCUT2D eigenvalue weighted by Crippen LogP contribution is 2.37. The molecule has 0 radical (unpaired) electrons. The average Bonchev–Trinajstić information content (AvgIpc) is 3.25. The van der Waals surface area contributed by atoms with Crippen molar-refractivity contribution in [2.24, 2.45) is 5.41 Å². The van der Waals surface area contributed by atoms with Crippen molar-refractivity contribution in [3.63, 3.8) is 0 Å². The zero-order chi connectivity index (χ0) is 22.8. The summed E-state index contributed by atoms with van der Waals surface area (Å²) in [7, 11) is 1.85. The third kappa shape index (κ3) is 4.55. The summed E-state index contributed by atoms with van der Waals surface area (Å²) in [6, 6.07) is 8.61. The molecule has 9 heteroatoms. The topological polar surface area (TPSA) is 71.5 Å². The van der Waals surface area contributed by atoms with Crippen LogP contribution in [0.3, 0.4) is 0 Å². The van der Waals surface area contributed by atoms with Crippen LogP contribution in [0.25, 0.3) is 10.9 Å². The van der Waals surface area contributed by atoms with E-state index < -0.39 is 5.82 Å². The van der Waals surface area contributed by atoms with Crippen LogP contribution in [-0.4, -0.2) is 61.4 Å². The molecule has 2 aromatic carbocycles. The number of likely N-dealkylation sites (tertiary alicyclic amines) is 1. The number of aromatic nitrogens is 2. The zero-order valence-corrected chi connectivity index (χ0v) is 19.3. The maximum Gasteiger partial charge on any atom is 0.165 e. The smallest absolute Gasteiger partial charge is 0.165 e. The van der Waals surface area contributed by atoms with Crippen LogP contribution in [0, 0.1) is 11.2 Å². The molecule has 174 valence electrons. The Balaban J connectivity index is 1.29. The van der Waals surface area contributed by atoms with Crippen molar-refractivity contribution in [2.75, 3.05) is 57.1 Å². The standard InChI is InChI=1S/C24H27ClFN5O2/c1-27-20-11-19-16(23(29-15-28-19)30-18-5-2-4-17(25)22(18)26)10-21(20)33-9-3-7-31-8-6-24(12-31)13-32-14-24/h2,4-5,10-11,15,27H,3,6-9,12-14H2,1H3,(H,28,29,30). The molecule has 3 heterocycles. The number of anilines is 3. The van der Waals surface area contributed by atoms with Gasteiger partial charge in [0.15, 0.2) is 5.82 Å². The third-order valence-electron chi connectivity index (χ3n) is 6.42. The van der Waals surface area contributed by atoms with E-state index in [0.29, 0.717) is 23.6 Å². The van der Waals surface area contributed by atoms with Gasteiger partial charge >= 0.3 is 0 Å². The molecule has 0 amide bonds. The number of hydrogen-bond acceptors (Lipinski definition) is 7. The van der Waals surface area contributed by atoms with E-state index in [-0.39, 0.29) is 10.7 Å². The van der Waals surface area contributed by atoms with Crippen LogP contribution in [-0.2, 0) is 4.74 Å². The summed E-state index contributed by atoms with van der Waals surface area (Å²) in [4.78, 5) is 11.2. The molecule has 0 aliphatic carbocycles. The molecule has 2 aliphatic rings. The number of ether oxygens (including phenoxy) is 2. The van der Waals surface area contributed by atoms with Crippen LogP contribution in [0.15, 0.2) is 36.7 Å². The Labute approximate surface area is 197 Å². The highest BCUT2D eigenvalue weighted by Gasteiger charge is 2.43. The summed E-state index contributed by atoms with van der Waals surface area (Å²) in [5.74, 6) is 0.671. The fraction of sp³-hybridized carbons (Fsp3) is 0.417. The molecule has 7 nitrogen and oxygen atoms in total. The number of rotatable bonds is 8. The summed E-state index contributed by atoms with van der Waals surface area (Å²) in [6.07, 6.45) is 3.61. The van der Waals surface area contributed by atoms with Gasteiger partial charge in [-0.25, -0.2) is 14.4 Å². The fourth-order valence-corrected chi connectivity index (χ4v) is 4.72. The van der Waals surface area contributed by atoms with E-state index in [1.165, 1.54) is 18.8 Å². The van der Waals surface area contributed by atoms with E-state index in [1.54, 1.807) is 12.1 Å². The highest BCUT2D eigenvalue weighted by atomic mass is 35.5. The Kier molecular flexibility index (Phi) is 6.23. The van der Waals surface area contributed by atoms with E-state index >= 15 is 0 Å². The van der Waals surface area contributed by atoms with Crippen LogP contribution in [0.1, 0.15) is 12.8 Å². The highest BCUT2D eigenvalue weighted by molar-refractivity contribution is 6.31. The van der Waals surface area contributed by atoms with Crippen molar-refractivity contribution in [3.05, 3.63) is 47.5 Å². The van der Waals surface area contributed by atoms with Gasteiger partial charge in [0.1, 0.15) is 17.9 Å². The number of benzene rings is 2. The van der Waals surface area contributed by atoms with E-state index in [9.17, 15) is 4.39 Å². The Morgan fingerprint density at radius 3 is 2.88 bits per heavy atom. The molecule has 0 unspecified atom stereocenters. The second-order valence-electron chi connectivity index (χ2n) is 8.79. The first kappa shape index (κ1) is 22.1. The van der Waals surface area contributed by atoms with E-state index in [1.807, 2.05) is 19.2 Å². The minimum Gasteiger partial charge on any atom is -0.491 e. The van der Waals surface area contributed by atoms with Crippen LogP contribution in [0.2, 0.25) is 5.02 Å². The number of nitrogens with one attached hydrogen (secondary N) is 2. The normalized spacial score (nSPS) is 17.3. The summed E-state index contributed by atoms with van der Waals surface area (Å²) < 4.78 is 26.0. The minimum absolute atomic E-state index is 0.0496. The second-order valence-corrected chi connectivity index (χ2v) is 9.19. The number of hydrogen-bond donors (Lipinski definition) is 2. The molecular weight excluding hydrogens is 445 g/mol. The SMILES string of the molecule is CNc1cc2ncnc(Nc3cccc(Cl)c3F)c2cc1OCCCN1CCC2(COC2)C1. The number of halogens is 2. The Hall–Kier alpha value is -2.68. The van der Waals surface area contributed by atoms with Gasteiger partial charge in [-0.1, -0.05) is 17.7 Å². The van der Waals surface area contributed by atoms with Gasteiger partial charge in [-0.3, -0.25) is 0 Å². The summed E-state index contributed by atoms with van der Waals surface area (Å²) in [6.45, 7) is 5.67. The van der Waals surface area contributed by atoms with Crippen molar-refractivity contribution in [3.8, 4) is 5.75 Å². The Morgan fingerprint density at radius 2 is 2.12 bits per heavy atom. The molecule has 33 heavy (non-hydrogen) atoms. The zero-order valence-electron chi connectivity index (χ0n) is 18.5. The largest absolute Gasteiger partial charge is 0.491 e. The van der Waals surface area contributed by atoms with Crippen LogP contribution in [0.4, 0.5) is 21.6 Å². The van der Waals surface area contributed by atoms with Gasteiger partial charge in [-0.05, 0) is 43.7 Å². The average molecular weight is 472 g/mol. The minimum atomic E-state index is -0.522. The Bertz CT molecular complexity index is 1160. The molecule has 1 aromatic heterocycles. The van der Waals surface area contributed by atoms with Gasteiger partial charge in [-0.2, -0.15) is 0 Å². The van der Waals surface area contributed by atoms with E-state index in [2.05, 4.69) is 25.5 Å². The molecule has 3 aromatic rings. The molecule has 2 aliphatic heterocycles. The van der Waals surface area contributed by atoms with Gasteiger partial charge in [0, 0.05) is 30.9 Å². The lowest BCUT2D eigenvalue weighted by Crippen LogP contribution is -2.44. The molecule has 0 atom stereocenters. The quantitative estimate of drug-likeness (QED) is 0.461. The first-order valence-electron chi connectivity index (χ1n) is 11.2. The summed E-state index contributed by atoms with van der Waals surface area (Å²) >= 11 is 5.92. The lowest BCUT2D eigenvalue weighted by Gasteiger charge is -2.37.